The van der Waals surface area contributed by atoms with Crippen molar-refractivity contribution in [1.82, 2.24) is 9.55 Å². The second kappa shape index (κ2) is 10.4. The fourth-order valence-corrected chi connectivity index (χ4v) is 4.37. The Morgan fingerprint density at radius 2 is 1.39 bits per heavy atom. The lowest BCUT2D eigenvalue weighted by molar-refractivity contribution is 0.992. The van der Waals surface area contributed by atoms with Crippen LogP contribution < -0.4 is 20.9 Å². The summed E-state index contributed by atoms with van der Waals surface area (Å²) in [5.41, 5.74) is 4.11. The van der Waals surface area contributed by atoms with Crippen LogP contribution in [0.1, 0.15) is 5.56 Å². The summed E-state index contributed by atoms with van der Waals surface area (Å²) in [6.07, 6.45) is 3.52. The average molecular weight is 545 g/mol. The molecule has 2 heterocycles. The molecule has 6 nitrogen and oxygen atoms in total. The van der Waals surface area contributed by atoms with E-state index in [1.165, 1.54) is 0 Å². The van der Waals surface area contributed by atoms with Crippen LogP contribution in [0.15, 0.2) is 93.2 Å². The highest BCUT2D eigenvalue weighted by Gasteiger charge is 2.09. The van der Waals surface area contributed by atoms with E-state index in [9.17, 15) is 9.59 Å². The fourth-order valence-electron chi connectivity index (χ4n) is 4.02. The van der Waals surface area contributed by atoms with E-state index in [1.54, 1.807) is 10.8 Å². The van der Waals surface area contributed by atoms with Gasteiger partial charge in [0.1, 0.15) is 0 Å². The van der Waals surface area contributed by atoms with Gasteiger partial charge in [-0.15, -0.1) is 0 Å². The molecule has 5 rings (SSSR count). The molecular formula is C29H29BrN4O2. The normalized spacial score (nSPS) is 10.7. The van der Waals surface area contributed by atoms with Crippen LogP contribution in [0.3, 0.4) is 0 Å². The van der Waals surface area contributed by atoms with Crippen LogP contribution in [0.5, 0.6) is 0 Å². The van der Waals surface area contributed by atoms with Crippen LogP contribution in [0.25, 0.3) is 27.2 Å². The Labute approximate surface area is 218 Å². The number of H-pyrrole nitrogens is 1. The van der Waals surface area contributed by atoms with Gasteiger partial charge < -0.3 is 14.8 Å². The minimum atomic E-state index is -0.0344. The molecule has 0 saturated heterocycles. The zero-order chi connectivity index (χ0) is 26.0. The molecule has 36 heavy (non-hydrogen) atoms. The number of aromatic amines is 1. The minimum Gasteiger partial charge on any atom is -0.378 e. The molecule has 1 N–H and O–H groups in total. The topological polar surface area (TPSA) is 61.3 Å². The number of hydrogen-bond donors (Lipinski definition) is 1. The monoisotopic (exact) mass is 544 g/mol. The van der Waals surface area contributed by atoms with Gasteiger partial charge in [-0.3, -0.25) is 14.2 Å². The molecule has 5 aromatic rings. The quantitative estimate of drug-likeness (QED) is 0.315. The van der Waals surface area contributed by atoms with Gasteiger partial charge in [0.25, 0.3) is 11.1 Å². The maximum atomic E-state index is 12.8. The van der Waals surface area contributed by atoms with Gasteiger partial charge in [-0.2, -0.15) is 0 Å². The fraction of sp³-hybridized carbons (Fsp3) is 0.172. The van der Waals surface area contributed by atoms with Crippen molar-refractivity contribution in [1.29, 1.82) is 0 Å². The molecule has 0 aliphatic heterocycles. The molecule has 184 valence electrons. The van der Waals surface area contributed by atoms with Gasteiger partial charge >= 0.3 is 0 Å². The molecule has 0 saturated carbocycles. The third kappa shape index (κ3) is 5.06. The predicted octanol–water partition coefficient (Wildman–Crippen LogP) is 5.72. The van der Waals surface area contributed by atoms with Gasteiger partial charge in [-0.25, -0.2) is 0 Å². The first-order valence-corrected chi connectivity index (χ1v) is 12.3. The number of fused-ring (bicyclic) bond motifs is 2. The van der Waals surface area contributed by atoms with Crippen LogP contribution in [0.2, 0.25) is 0 Å². The summed E-state index contributed by atoms with van der Waals surface area (Å²) in [7, 11) is 7.95. The first kappa shape index (κ1) is 25.3. The number of benzene rings is 3. The van der Waals surface area contributed by atoms with Crippen molar-refractivity contribution in [3.63, 3.8) is 0 Å². The Kier molecular flexibility index (Phi) is 7.31. The van der Waals surface area contributed by atoms with Crippen molar-refractivity contribution in [2.45, 2.75) is 6.92 Å². The van der Waals surface area contributed by atoms with Crippen LogP contribution in [0, 0.1) is 6.92 Å². The van der Waals surface area contributed by atoms with E-state index in [0.29, 0.717) is 0 Å². The van der Waals surface area contributed by atoms with Crippen molar-refractivity contribution in [3.8, 4) is 5.69 Å². The Hall–Kier alpha value is -3.84. The third-order valence-electron chi connectivity index (χ3n) is 6.18. The molecule has 0 radical (unpaired) electrons. The maximum Gasteiger partial charge on any atom is 0.262 e. The number of nitrogens with zero attached hydrogens (tertiary/aromatic N) is 3. The lowest BCUT2D eigenvalue weighted by Crippen LogP contribution is -2.18. The summed E-state index contributed by atoms with van der Waals surface area (Å²) in [5, 5.41) is 3.39. The lowest BCUT2D eigenvalue weighted by atomic mass is 10.1. The maximum absolute atomic E-state index is 12.8. The Morgan fingerprint density at radius 1 is 0.778 bits per heavy atom. The van der Waals surface area contributed by atoms with Crippen molar-refractivity contribution in [2.75, 3.05) is 38.0 Å². The van der Waals surface area contributed by atoms with E-state index < -0.39 is 0 Å². The zero-order valence-electron chi connectivity index (χ0n) is 21.0. The van der Waals surface area contributed by atoms with E-state index in [2.05, 4.69) is 20.9 Å². The number of aromatic nitrogens is 2. The summed E-state index contributed by atoms with van der Waals surface area (Å²) in [6, 6.07) is 21.5. The van der Waals surface area contributed by atoms with Crippen LogP contribution >= 0.6 is 15.9 Å². The second-order valence-corrected chi connectivity index (χ2v) is 9.87. The number of anilines is 2. The van der Waals surface area contributed by atoms with Crippen molar-refractivity contribution in [2.24, 2.45) is 0 Å². The van der Waals surface area contributed by atoms with Crippen LogP contribution in [-0.2, 0) is 0 Å². The van der Waals surface area contributed by atoms with Crippen molar-refractivity contribution < 1.29 is 0 Å². The van der Waals surface area contributed by atoms with Crippen LogP contribution in [0.4, 0.5) is 11.4 Å². The van der Waals surface area contributed by atoms with E-state index in [0.717, 1.165) is 48.6 Å². The number of nitrogens with one attached hydrogen (secondary N) is 1. The van der Waals surface area contributed by atoms with Gasteiger partial charge in [0, 0.05) is 67.2 Å². The molecule has 0 amide bonds. The first-order chi connectivity index (χ1) is 17.2. The van der Waals surface area contributed by atoms with E-state index >= 15 is 0 Å². The summed E-state index contributed by atoms with van der Waals surface area (Å²) in [6.45, 7) is 2.01. The molecule has 0 spiro atoms. The third-order valence-corrected chi connectivity index (χ3v) is 7.04. The second-order valence-electron chi connectivity index (χ2n) is 9.01. The van der Waals surface area contributed by atoms with E-state index in [1.807, 2.05) is 118 Å². The summed E-state index contributed by atoms with van der Waals surface area (Å²) < 4.78 is 2.71. The summed E-state index contributed by atoms with van der Waals surface area (Å²) in [4.78, 5) is 30.9. The molecule has 0 bridgehead atoms. The summed E-state index contributed by atoms with van der Waals surface area (Å²) in [5.74, 6) is 0. The Bertz CT molecular complexity index is 1670. The molecule has 0 aliphatic rings. The molecule has 0 aliphatic carbocycles. The highest BCUT2D eigenvalue weighted by molar-refractivity contribution is 9.10. The first-order valence-electron chi connectivity index (χ1n) is 11.5. The van der Waals surface area contributed by atoms with Crippen molar-refractivity contribution >= 4 is 48.8 Å². The molecule has 3 aromatic carbocycles. The number of halogens is 1. The molecule has 2 aromatic heterocycles. The number of hydrogen-bond acceptors (Lipinski definition) is 4. The average Bonchev–Trinajstić information content (AvgIpc) is 2.86. The van der Waals surface area contributed by atoms with Crippen molar-refractivity contribution in [3.05, 3.63) is 110 Å². The molecule has 0 atom stereocenters. The van der Waals surface area contributed by atoms with Gasteiger partial charge in [0.15, 0.2) is 0 Å². The van der Waals surface area contributed by atoms with Gasteiger partial charge in [-0.05, 0) is 83.9 Å². The van der Waals surface area contributed by atoms with Gasteiger partial charge in [0.05, 0.1) is 5.69 Å². The largest absolute Gasteiger partial charge is 0.378 e. The predicted molar refractivity (Wildman–Crippen MR) is 155 cm³/mol. The number of pyridine rings is 2. The highest BCUT2D eigenvalue weighted by Crippen LogP contribution is 2.24. The van der Waals surface area contributed by atoms with Crippen LogP contribution in [-0.4, -0.2) is 37.7 Å². The molecule has 0 fully saturated rings. The lowest BCUT2D eigenvalue weighted by Gasteiger charge is -2.14. The Balaban J connectivity index is 0.000000187. The van der Waals surface area contributed by atoms with Gasteiger partial charge in [0.2, 0.25) is 0 Å². The highest BCUT2D eigenvalue weighted by atomic mass is 79.9. The summed E-state index contributed by atoms with van der Waals surface area (Å²) >= 11 is 3.52. The molecular weight excluding hydrogens is 516 g/mol. The standard InChI is InChI=1S/C18H17BrN2O.C11H12N2O/c1-12-16(19)5-4-6-17(12)21-10-9-13-11-14(20(2)3)7-8-15(13)18(21)22;1-13(2)9-3-4-10-8(7-9)5-6-12-11(10)14/h4-11H,1-3H3;3-7H,1-2H3,(H,12,14). The SMILES string of the molecule is CN(C)c1ccc2c(=O)[nH]ccc2c1.Cc1c(Br)cccc1-n1ccc2cc(N(C)C)ccc2c1=O. The Morgan fingerprint density at radius 3 is 2.03 bits per heavy atom. The number of rotatable bonds is 3. The van der Waals surface area contributed by atoms with E-state index in [-0.39, 0.29) is 11.1 Å². The van der Waals surface area contributed by atoms with Gasteiger partial charge in [-0.1, -0.05) is 22.0 Å². The minimum absolute atomic E-state index is 0.00371. The zero-order valence-corrected chi connectivity index (χ0v) is 22.6. The molecule has 0 unspecified atom stereocenters. The van der Waals surface area contributed by atoms with E-state index in [4.69, 9.17) is 0 Å². The molecule has 7 heteroatoms. The smallest absolute Gasteiger partial charge is 0.262 e.